The van der Waals surface area contributed by atoms with Crippen molar-refractivity contribution >= 4 is 21.7 Å². The van der Waals surface area contributed by atoms with E-state index in [9.17, 15) is 0 Å². The van der Waals surface area contributed by atoms with Crippen LogP contribution in [-0.4, -0.2) is 24.1 Å². The standard InChI is InChI=1S/C15H22BrN3/c1-19(14-4-2-3-5-14)15-11(8-12(16)10-18-15)9-17-13-6-7-13/h8,10,13-14,17H,2-7,9H2,1H3. The molecule has 1 aromatic heterocycles. The van der Waals surface area contributed by atoms with Crippen LogP contribution in [-0.2, 0) is 6.54 Å². The SMILES string of the molecule is CN(c1ncc(Br)cc1CNC1CC1)C1CCCC1. The molecule has 0 bridgehead atoms. The van der Waals surface area contributed by atoms with Crippen molar-refractivity contribution in [3.63, 3.8) is 0 Å². The predicted molar refractivity (Wildman–Crippen MR) is 82.5 cm³/mol. The molecule has 2 aliphatic rings. The lowest BCUT2D eigenvalue weighted by molar-refractivity contribution is 0.633. The van der Waals surface area contributed by atoms with E-state index in [1.165, 1.54) is 44.1 Å². The van der Waals surface area contributed by atoms with Crippen LogP contribution in [0.25, 0.3) is 0 Å². The van der Waals surface area contributed by atoms with Crippen LogP contribution >= 0.6 is 15.9 Å². The third kappa shape index (κ3) is 3.29. The van der Waals surface area contributed by atoms with Gasteiger partial charge in [-0.3, -0.25) is 0 Å². The molecule has 1 N–H and O–H groups in total. The minimum atomic E-state index is 0.674. The van der Waals surface area contributed by atoms with E-state index < -0.39 is 0 Å². The number of nitrogens with one attached hydrogen (secondary N) is 1. The summed E-state index contributed by atoms with van der Waals surface area (Å²) in [6.45, 7) is 0.934. The van der Waals surface area contributed by atoms with Gasteiger partial charge in [-0.1, -0.05) is 12.8 Å². The fourth-order valence-electron chi connectivity index (χ4n) is 2.93. The number of hydrogen-bond acceptors (Lipinski definition) is 3. The molecule has 3 rings (SSSR count). The lowest BCUT2D eigenvalue weighted by atomic mass is 10.2. The van der Waals surface area contributed by atoms with Gasteiger partial charge >= 0.3 is 0 Å². The van der Waals surface area contributed by atoms with Crippen LogP contribution in [0.4, 0.5) is 5.82 Å². The molecule has 0 spiro atoms. The van der Waals surface area contributed by atoms with Gasteiger partial charge in [0.2, 0.25) is 0 Å². The molecule has 1 heterocycles. The van der Waals surface area contributed by atoms with Gasteiger partial charge in [-0.15, -0.1) is 0 Å². The van der Waals surface area contributed by atoms with Gasteiger partial charge in [-0.2, -0.15) is 0 Å². The summed E-state index contributed by atoms with van der Waals surface area (Å²) in [7, 11) is 2.20. The maximum absolute atomic E-state index is 4.66. The molecule has 19 heavy (non-hydrogen) atoms. The molecule has 3 nitrogen and oxygen atoms in total. The summed E-state index contributed by atoms with van der Waals surface area (Å²) in [6.07, 6.45) is 9.92. The van der Waals surface area contributed by atoms with Crippen LogP contribution in [0.1, 0.15) is 44.1 Å². The van der Waals surface area contributed by atoms with Crippen LogP contribution in [0, 0.1) is 0 Å². The largest absolute Gasteiger partial charge is 0.356 e. The third-order valence-electron chi connectivity index (χ3n) is 4.27. The predicted octanol–water partition coefficient (Wildman–Crippen LogP) is 3.47. The molecule has 4 heteroatoms. The summed E-state index contributed by atoms with van der Waals surface area (Å²) >= 11 is 3.54. The first-order chi connectivity index (χ1) is 9.24. The highest BCUT2D eigenvalue weighted by Gasteiger charge is 2.24. The molecule has 2 aliphatic carbocycles. The highest BCUT2D eigenvalue weighted by molar-refractivity contribution is 9.10. The van der Waals surface area contributed by atoms with E-state index in [1.54, 1.807) is 0 Å². The fraction of sp³-hybridized carbons (Fsp3) is 0.667. The van der Waals surface area contributed by atoms with Gasteiger partial charge in [0.15, 0.2) is 0 Å². The van der Waals surface area contributed by atoms with Crippen LogP contribution in [0.5, 0.6) is 0 Å². The molecule has 0 amide bonds. The maximum Gasteiger partial charge on any atom is 0.133 e. The van der Waals surface area contributed by atoms with Gasteiger partial charge in [-0.25, -0.2) is 4.98 Å². The molecule has 0 aliphatic heterocycles. The number of aromatic nitrogens is 1. The first-order valence-corrected chi connectivity index (χ1v) is 8.14. The Morgan fingerprint density at radius 2 is 2.05 bits per heavy atom. The van der Waals surface area contributed by atoms with Crippen LogP contribution in [0.15, 0.2) is 16.7 Å². The number of halogens is 1. The molecule has 1 aromatic rings. The number of nitrogens with zero attached hydrogens (tertiary/aromatic N) is 2. The number of pyridine rings is 1. The van der Waals surface area contributed by atoms with Crippen molar-refractivity contribution < 1.29 is 0 Å². The van der Waals surface area contributed by atoms with Crippen molar-refractivity contribution in [3.8, 4) is 0 Å². The molecule has 0 saturated heterocycles. The molecule has 0 atom stereocenters. The van der Waals surface area contributed by atoms with Crippen molar-refractivity contribution in [2.24, 2.45) is 0 Å². The first kappa shape index (κ1) is 13.4. The van der Waals surface area contributed by atoms with Gasteiger partial charge in [0.25, 0.3) is 0 Å². The number of anilines is 1. The van der Waals surface area contributed by atoms with Crippen LogP contribution in [0.3, 0.4) is 0 Å². The normalized spacial score (nSPS) is 19.9. The second kappa shape index (κ2) is 5.80. The number of rotatable bonds is 5. The number of hydrogen-bond donors (Lipinski definition) is 1. The van der Waals surface area contributed by atoms with Crippen molar-refractivity contribution in [2.45, 2.75) is 57.2 Å². The first-order valence-electron chi connectivity index (χ1n) is 7.34. The third-order valence-corrected chi connectivity index (χ3v) is 4.71. The summed E-state index contributed by atoms with van der Waals surface area (Å²) in [4.78, 5) is 7.05. The molecule has 0 radical (unpaired) electrons. The summed E-state index contributed by atoms with van der Waals surface area (Å²) in [5, 5.41) is 3.60. The Hall–Kier alpha value is -0.610. The Balaban J connectivity index is 1.76. The van der Waals surface area contributed by atoms with Crippen molar-refractivity contribution in [2.75, 3.05) is 11.9 Å². The minimum absolute atomic E-state index is 0.674. The molecule has 0 unspecified atom stereocenters. The summed E-state index contributed by atoms with van der Waals surface area (Å²) < 4.78 is 1.07. The summed E-state index contributed by atoms with van der Waals surface area (Å²) in [5.41, 5.74) is 1.32. The second-order valence-corrected chi connectivity index (χ2v) is 6.76. The van der Waals surface area contributed by atoms with E-state index in [0.717, 1.165) is 22.9 Å². The summed E-state index contributed by atoms with van der Waals surface area (Å²) in [5.74, 6) is 1.16. The smallest absolute Gasteiger partial charge is 0.133 e. The lowest BCUT2D eigenvalue weighted by Crippen LogP contribution is -2.31. The molecular formula is C15H22BrN3. The zero-order chi connectivity index (χ0) is 13.2. The highest BCUT2D eigenvalue weighted by atomic mass is 79.9. The Bertz CT molecular complexity index is 439. The highest BCUT2D eigenvalue weighted by Crippen LogP contribution is 2.29. The monoisotopic (exact) mass is 323 g/mol. The van der Waals surface area contributed by atoms with E-state index >= 15 is 0 Å². The Labute approximate surface area is 123 Å². The van der Waals surface area contributed by atoms with Crippen molar-refractivity contribution in [1.82, 2.24) is 10.3 Å². The Morgan fingerprint density at radius 3 is 2.74 bits per heavy atom. The molecular weight excluding hydrogens is 302 g/mol. The van der Waals surface area contributed by atoms with Crippen molar-refractivity contribution in [3.05, 3.63) is 22.3 Å². The van der Waals surface area contributed by atoms with E-state index in [1.807, 2.05) is 6.20 Å². The molecule has 104 valence electrons. The second-order valence-electron chi connectivity index (χ2n) is 5.84. The van der Waals surface area contributed by atoms with Gasteiger partial charge in [0, 0.05) is 41.9 Å². The maximum atomic E-state index is 4.66. The van der Waals surface area contributed by atoms with E-state index in [-0.39, 0.29) is 0 Å². The van der Waals surface area contributed by atoms with Gasteiger partial charge < -0.3 is 10.2 Å². The topological polar surface area (TPSA) is 28.2 Å². The summed E-state index contributed by atoms with van der Waals surface area (Å²) in [6, 6.07) is 3.63. The Morgan fingerprint density at radius 1 is 1.32 bits per heavy atom. The van der Waals surface area contributed by atoms with Gasteiger partial charge in [0.1, 0.15) is 5.82 Å². The van der Waals surface area contributed by atoms with Gasteiger partial charge in [-0.05, 0) is 47.7 Å². The Kier molecular flexibility index (Phi) is 4.08. The fourth-order valence-corrected chi connectivity index (χ4v) is 3.31. The quantitative estimate of drug-likeness (QED) is 0.899. The average Bonchev–Trinajstić information content (AvgIpc) is 3.07. The molecule has 2 fully saturated rings. The zero-order valence-corrected chi connectivity index (χ0v) is 13.1. The van der Waals surface area contributed by atoms with E-state index in [4.69, 9.17) is 0 Å². The molecule has 0 aromatic carbocycles. The van der Waals surface area contributed by atoms with E-state index in [0.29, 0.717) is 6.04 Å². The lowest BCUT2D eigenvalue weighted by Gasteiger charge is -2.27. The average molecular weight is 324 g/mol. The van der Waals surface area contributed by atoms with E-state index in [2.05, 4.69) is 44.2 Å². The van der Waals surface area contributed by atoms with Crippen molar-refractivity contribution in [1.29, 1.82) is 0 Å². The molecule has 2 saturated carbocycles. The van der Waals surface area contributed by atoms with Crippen LogP contribution in [0.2, 0.25) is 0 Å². The van der Waals surface area contributed by atoms with Crippen LogP contribution < -0.4 is 10.2 Å². The zero-order valence-electron chi connectivity index (χ0n) is 11.5. The van der Waals surface area contributed by atoms with Gasteiger partial charge in [0.05, 0.1) is 0 Å². The minimum Gasteiger partial charge on any atom is -0.356 e.